The van der Waals surface area contributed by atoms with Crippen LogP contribution in [0.4, 0.5) is 0 Å². The first-order valence-electron chi connectivity index (χ1n) is 7.21. The van der Waals surface area contributed by atoms with Gasteiger partial charge in [0.2, 0.25) is 5.91 Å². The van der Waals surface area contributed by atoms with Crippen molar-refractivity contribution in [3.63, 3.8) is 0 Å². The van der Waals surface area contributed by atoms with Gasteiger partial charge in [0.15, 0.2) is 5.65 Å². The predicted octanol–water partition coefficient (Wildman–Crippen LogP) is 0.795. The molecule has 0 aliphatic heterocycles. The number of hydrogen-bond acceptors (Lipinski definition) is 5. The first kappa shape index (κ1) is 15.0. The zero-order valence-electron chi connectivity index (χ0n) is 13.1. The fourth-order valence-corrected chi connectivity index (χ4v) is 2.52. The summed E-state index contributed by atoms with van der Waals surface area (Å²) in [5.41, 5.74) is 3.32. The molecule has 3 rings (SSSR count). The Morgan fingerprint density at radius 1 is 1.35 bits per heavy atom. The third-order valence-corrected chi connectivity index (χ3v) is 3.68. The lowest BCUT2D eigenvalue weighted by Gasteiger charge is -2.11. The summed E-state index contributed by atoms with van der Waals surface area (Å²) in [6.07, 6.45) is 0.178. The molecule has 0 saturated heterocycles. The molecule has 0 bridgehead atoms. The molecule has 23 heavy (non-hydrogen) atoms. The zero-order chi connectivity index (χ0) is 16.6. The van der Waals surface area contributed by atoms with E-state index in [1.807, 2.05) is 13.8 Å². The quantitative estimate of drug-likeness (QED) is 0.740. The molecule has 0 atom stereocenters. The number of H-pyrrole nitrogens is 1. The van der Waals surface area contributed by atoms with Gasteiger partial charge in [0, 0.05) is 29.1 Å². The van der Waals surface area contributed by atoms with Crippen LogP contribution in [0.5, 0.6) is 0 Å². The molecule has 3 aromatic rings. The molecule has 1 amide bonds. The van der Waals surface area contributed by atoms with Crippen LogP contribution >= 0.6 is 0 Å². The fraction of sp³-hybridized carbons (Fsp3) is 0.333. The van der Waals surface area contributed by atoms with Crippen LogP contribution in [0.15, 0.2) is 21.5 Å². The Morgan fingerprint density at radius 2 is 2.13 bits per heavy atom. The van der Waals surface area contributed by atoms with Crippen molar-refractivity contribution in [1.29, 1.82) is 0 Å². The topological polar surface area (TPSA) is 105 Å². The van der Waals surface area contributed by atoms with Gasteiger partial charge in [-0.3, -0.25) is 14.7 Å². The standard InChI is InChI=1S/C15H17N5O3/c1-8-4-11(19-23-8)7-16-14(21)5-12-9(2)17-13-6-15(22)18-20(13)10(12)3/h4,6H,5,7H2,1-3H3,(H,16,21)(H,18,22). The maximum Gasteiger partial charge on any atom is 0.266 e. The third-order valence-electron chi connectivity index (χ3n) is 3.68. The molecule has 0 aliphatic rings. The smallest absolute Gasteiger partial charge is 0.266 e. The minimum absolute atomic E-state index is 0.146. The first-order valence-corrected chi connectivity index (χ1v) is 7.21. The van der Waals surface area contributed by atoms with Gasteiger partial charge in [-0.05, 0) is 20.8 Å². The molecular weight excluding hydrogens is 298 g/mol. The van der Waals surface area contributed by atoms with Gasteiger partial charge in [0.1, 0.15) is 11.5 Å². The summed E-state index contributed by atoms with van der Waals surface area (Å²) >= 11 is 0. The van der Waals surface area contributed by atoms with E-state index in [2.05, 4.69) is 20.6 Å². The van der Waals surface area contributed by atoms with Gasteiger partial charge in [-0.1, -0.05) is 5.16 Å². The Balaban J connectivity index is 1.77. The third kappa shape index (κ3) is 3.01. The summed E-state index contributed by atoms with van der Waals surface area (Å²) in [7, 11) is 0. The van der Waals surface area contributed by atoms with Gasteiger partial charge in [-0.2, -0.15) is 0 Å². The highest BCUT2D eigenvalue weighted by Crippen LogP contribution is 2.14. The minimum atomic E-state index is -0.219. The molecule has 8 nitrogen and oxygen atoms in total. The zero-order valence-corrected chi connectivity index (χ0v) is 13.1. The monoisotopic (exact) mass is 315 g/mol. The number of nitrogens with one attached hydrogen (secondary N) is 2. The van der Waals surface area contributed by atoms with E-state index >= 15 is 0 Å². The van der Waals surface area contributed by atoms with Gasteiger partial charge in [-0.15, -0.1) is 0 Å². The van der Waals surface area contributed by atoms with Crippen molar-refractivity contribution in [3.8, 4) is 0 Å². The second-order valence-electron chi connectivity index (χ2n) is 5.46. The number of hydrogen-bond donors (Lipinski definition) is 2. The van der Waals surface area contributed by atoms with Crippen LogP contribution < -0.4 is 10.9 Å². The van der Waals surface area contributed by atoms with Crippen LogP contribution in [0.2, 0.25) is 0 Å². The van der Waals surface area contributed by atoms with Crippen LogP contribution in [0, 0.1) is 20.8 Å². The minimum Gasteiger partial charge on any atom is -0.361 e. The number of aromatic nitrogens is 4. The molecule has 0 spiro atoms. The van der Waals surface area contributed by atoms with E-state index in [-0.39, 0.29) is 17.9 Å². The van der Waals surface area contributed by atoms with Gasteiger partial charge >= 0.3 is 0 Å². The fourth-order valence-electron chi connectivity index (χ4n) is 2.52. The molecule has 3 heterocycles. The second kappa shape index (κ2) is 5.71. The number of nitrogens with zero attached hydrogens (tertiary/aromatic N) is 3. The molecule has 3 aromatic heterocycles. The highest BCUT2D eigenvalue weighted by atomic mass is 16.5. The van der Waals surface area contributed by atoms with Crippen molar-refractivity contribution in [3.05, 3.63) is 50.9 Å². The summed E-state index contributed by atoms with van der Waals surface area (Å²) in [6, 6.07) is 3.20. The molecule has 2 N–H and O–H groups in total. The van der Waals surface area contributed by atoms with Crippen LogP contribution in [0.3, 0.4) is 0 Å². The van der Waals surface area contributed by atoms with Crippen LogP contribution in [-0.4, -0.2) is 25.7 Å². The molecule has 0 unspecified atom stereocenters. The van der Waals surface area contributed by atoms with E-state index in [1.54, 1.807) is 17.5 Å². The SMILES string of the molecule is Cc1cc(CNC(=O)Cc2c(C)nc3cc(=O)[nH]n3c2C)no1. The molecule has 0 radical (unpaired) electrons. The van der Waals surface area contributed by atoms with E-state index in [4.69, 9.17) is 4.52 Å². The Morgan fingerprint density at radius 3 is 2.83 bits per heavy atom. The molecule has 0 saturated carbocycles. The maximum absolute atomic E-state index is 12.2. The van der Waals surface area contributed by atoms with E-state index in [9.17, 15) is 9.59 Å². The van der Waals surface area contributed by atoms with E-state index < -0.39 is 0 Å². The summed E-state index contributed by atoms with van der Waals surface area (Å²) < 4.78 is 6.55. The average molecular weight is 315 g/mol. The molecule has 120 valence electrons. The normalized spacial score (nSPS) is 11.1. The Bertz CT molecular complexity index is 934. The number of carbonyl (C=O) groups excluding carboxylic acids is 1. The Kier molecular flexibility index (Phi) is 3.73. The maximum atomic E-state index is 12.2. The number of aromatic amines is 1. The van der Waals surface area contributed by atoms with Crippen molar-refractivity contribution < 1.29 is 9.32 Å². The molecule has 0 aliphatic carbocycles. The predicted molar refractivity (Wildman–Crippen MR) is 82.1 cm³/mol. The second-order valence-corrected chi connectivity index (χ2v) is 5.46. The summed E-state index contributed by atoms with van der Waals surface area (Å²) in [6.45, 7) is 5.78. The summed E-state index contributed by atoms with van der Waals surface area (Å²) in [5.74, 6) is 0.555. The van der Waals surface area contributed by atoms with Crippen molar-refractivity contribution >= 4 is 11.6 Å². The summed E-state index contributed by atoms with van der Waals surface area (Å²) in [5, 5.41) is 9.30. The van der Waals surface area contributed by atoms with Gasteiger partial charge < -0.3 is 9.84 Å². The van der Waals surface area contributed by atoms with Gasteiger partial charge in [-0.25, -0.2) is 9.50 Å². The van der Waals surface area contributed by atoms with Gasteiger partial charge in [0.05, 0.1) is 13.0 Å². The number of amides is 1. The lowest BCUT2D eigenvalue weighted by molar-refractivity contribution is -0.120. The molecule has 8 heteroatoms. The molecule has 0 fully saturated rings. The lowest BCUT2D eigenvalue weighted by atomic mass is 10.1. The Hall–Kier alpha value is -2.90. The Labute approximate surface area is 131 Å². The van der Waals surface area contributed by atoms with Crippen molar-refractivity contribution in [1.82, 2.24) is 25.1 Å². The van der Waals surface area contributed by atoms with Crippen molar-refractivity contribution in [2.45, 2.75) is 33.7 Å². The first-order chi connectivity index (χ1) is 10.9. The van der Waals surface area contributed by atoms with Crippen molar-refractivity contribution in [2.24, 2.45) is 0 Å². The van der Waals surface area contributed by atoms with E-state index in [0.717, 1.165) is 17.0 Å². The highest BCUT2D eigenvalue weighted by molar-refractivity contribution is 5.79. The van der Waals surface area contributed by atoms with Crippen LogP contribution in [0.25, 0.3) is 5.65 Å². The van der Waals surface area contributed by atoms with Crippen LogP contribution in [0.1, 0.15) is 28.4 Å². The number of carbonyl (C=O) groups is 1. The average Bonchev–Trinajstić information content (AvgIpc) is 3.06. The number of aryl methyl sites for hydroxylation is 3. The van der Waals surface area contributed by atoms with E-state index in [1.165, 1.54) is 6.07 Å². The van der Waals surface area contributed by atoms with Crippen molar-refractivity contribution in [2.75, 3.05) is 0 Å². The lowest BCUT2D eigenvalue weighted by Crippen LogP contribution is -2.26. The summed E-state index contributed by atoms with van der Waals surface area (Å²) in [4.78, 5) is 28.0. The van der Waals surface area contributed by atoms with Gasteiger partial charge in [0.25, 0.3) is 5.56 Å². The molecular formula is C15H17N5O3. The molecule has 0 aromatic carbocycles. The number of fused-ring (bicyclic) bond motifs is 1. The van der Waals surface area contributed by atoms with Crippen LogP contribution in [-0.2, 0) is 17.8 Å². The number of rotatable bonds is 4. The largest absolute Gasteiger partial charge is 0.361 e. The highest BCUT2D eigenvalue weighted by Gasteiger charge is 2.14. The van der Waals surface area contributed by atoms with E-state index in [0.29, 0.717) is 23.6 Å².